The number of anilines is 2. The van der Waals surface area contributed by atoms with Gasteiger partial charge in [0, 0.05) is 11.2 Å². The smallest absolute Gasteiger partial charge is 0.276 e. The third-order valence-electron chi connectivity index (χ3n) is 2.58. The maximum absolute atomic E-state index is 13.1. The van der Waals surface area contributed by atoms with E-state index in [4.69, 9.17) is 11.6 Å². The van der Waals surface area contributed by atoms with Crippen LogP contribution in [0.3, 0.4) is 0 Å². The van der Waals surface area contributed by atoms with Gasteiger partial charge in [0.2, 0.25) is 0 Å². The first-order chi connectivity index (χ1) is 10.2. The van der Waals surface area contributed by atoms with Gasteiger partial charge in [0.05, 0.1) is 5.02 Å². The first-order valence-electron chi connectivity index (χ1n) is 6.63. The fourth-order valence-corrected chi connectivity index (χ4v) is 1.85. The zero-order valence-electron chi connectivity index (χ0n) is 12.4. The molecule has 0 aliphatic heterocycles. The molecule has 0 saturated heterocycles. The van der Waals surface area contributed by atoms with Crippen molar-refractivity contribution < 1.29 is 9.18 Å². The molecule has 5 nitrogen and oxygen atoms in total. The monoisotopic (exact) mass is 322 g/mol. The number of rotatable bonds is 3. The van der Waals surface area contributed by atoms with Crippen molar-refractivity contribution in [2.45, 2.75) is 26.3 Å². The van der Waals surface area contributed by atoms with Gasteiger partial charge in [-0.25, -0.2) is 4.39 Å². The molecule has 0 unspecified atom stereocenters. The molecule has 0 radical (unpaired) electrons. The van der Waals surface area contributed by atoms with Crippen LogP contribution in [0.2, 0.25) is 5.02 Å². The van der Waals surface area contributed by atoms with Gasteiger partial charge in [-0.2, -0.15) is 0 Å². The van der Waals surface area contributed by atoms with E-state index in [1.54, 1.807) is 12.1 Å². The number of halogens is 2. The highest BCUT2D eigenvalue weighted by atomic mass is 35.5. The molecule has 1 aromatic heterocycles. The summed E-state index contributed by atoms with van der Waals surface area (Å²) in [6.45, 7) is 5.98. The number of carbonyl (C=O) groups is 1. The van der Waals surface area contributed by atoms with Crippen LogP contribution in [-0.4, -0.2) is 21.6 Å². The standard InChI is InChI=1S/C15H16ClFN4O/c1-15(2,3)19-13-7-6-12(20-21-13)14(22)18-9-4-5-11(17)10(16)8-9/h4-8H,1-3H3,(H,18,22)(H,19,21). The van der Waals surface area contributed by atoms with E-state index in [0.717, 1.165) is 0 Å². The fraction of sp³-hybridized carbons (Fsp3) is 0.267. The number of nitrogens with one attached hydrogen (secondary N) is 2. The normalized spacial score (nSPS) is 11.1. The SMILES string of the molecule is CC(C)(C)Nc1ccc(C(=O)Nc2ccc(F)c(Cl)c2)nn1. The van der Waals surface area contributed by atoms with Gasteiger partial charge in [0.1, 0.15) is 11.6 Å². The lowest BCUT2D eigenvalue weighted by atomic mass is 10.1. The molecule has 22 heavy (non-hydrogen) atoms. The summed E-state index contributed by atoms with van der Waals surface area (Å²) in [6, 6.07) is 7.16. The van der Waals surface area contributed by atoms with Crippen molar-refractivity contribution in [2.24, 2.45) is 0 Å². The summed E-state index contributed by atoms with van der Waals surface area (Å²) in [5.41, 5.74) is 0.388. The zero-order chi connectivity index (χ0) is 16.3. The summed E-state index contributed by atoms with van der Waals surface area (Å²) in [6.07, 6.45) is 0. The Morgan fingerprint density at radius 3 is 2.45 bits per heavy atom. The number of aromatic nitrogens is 2. The molecule has 0 saturated carbocycles. The predicted molar refractivity (Wildman–Crippen MR) is 84.8 cm³/mol. The van der Waals surface area contributed by atoms with Gasteiger partial charge in [-0.15, -0.1) is 10.2 Å². The third-order valence-corrected chi connectivity index (χ3v) is 2.87. The molecule has 116 valence electrons. The summed E-state index contributed by atoms with van der Waals surface area (Å²) in [5, 5.41) is 13.5. The van der Waals surface area contributed by atoms with Gasteiger partial charge in [-0.1, -0.05) is 11.6 Å². The summed E-state index contributed by atoms with van der Waals surface area (Å²) in [7, 11) is 0. The van der Waals surface area contributed by atoms with Gasteiger partial charge >= 0.3 is 0 Å². The Morgan fingerprint density at radius 2 is 1.91 bits per heavy atom. The van der Waals surface area contributed by atoms with Gasteiger partial charge in [-0.3, -0.25) is 4.79 Å². The number of nitrogens with zero attached hydrogens (tertiary/aromatic N) is 2. The van der Waals surface area contributed by atoms with Crippen molar-refractivity contribution in [3.8, 4) is 0 Å². The van der Waals surface area contributed by atoms with E-state index in [-0.39, 0.29) is 16.3 Å². The number of hydrogen-bond donors (Lipinski definition) is 2. The molecular formula is C15H16ClFN4O. The Morgan fingerprint density at radius 1 is 1.18 bits per heavy atom. The minimum Gasteiger partial charge on any atom is -0.364 e. The Bertz CT molecular complexity index is 683. The molecule has 0 bridgehead atoms. The fourth-order valence-electron chi connectivity index (χ4n) is 1.67. The molecule has 1 aromatic carbocycles. The molecule has 0 fully saturated rings. The predicted octanol–water partition coefficient (Wildman–Crippen LogP) is 3.73. The minimum absolute atomic E-state index is 0.0615. The molecule has 7 heteroatoms. The van der Waals surface area contributed by atoms with E-state index >= 15 is 0 Å². The molecule has 0 aliphatic carbocycles. The Kier molecular flexibility index (Phi) is 4.61. The van der Waals surface area contributed by atoms with Crippen molar-refractivity contribution in [3.05, 3.63) is 46.9 Å². The van der Waals surface area contributed by atoms with Crippen LogP contribution in [-0.2, 0) is 0 Å². The van der Waals surface area contributed by atoms with Gasteiger partial charge < -0.3 is 10.6 Å². The number of carbonyl (C=O) groups excluding carboxylic acids is 1. The van der Waals surface area contributed by atoms with Crippen molar-refractivity contribution in [2.75, 3.05) is 10.6 Å². The van der Waals surface area contributed by atoms with Crippen LogP contribution in [0.25, 0.3) is 0 Å². The largest absolute Gasteiger partial charge is 0.364 e. The number of benzene rings is 1. The molecule has 2 N–H and O–H groups in total. The van der Waals surface area contributed by atoms with E-state index in [0.29, 0.717) is 11.5 Å². The average Bonchev–Trinajstić information content (AvgIpc) is 2.42. The highest BCUT2D eigenvalue weighted by Gasteiger charge is 2.13. The lowest BCUT2D eigenvalue weighted by molar-refractivity contribution is 0.102. The molecule has 2 rings (SSSR count). The number of amides is 1. The second-order valence-electron chi connectivity index (χ2n) is 5.76. The minimum atomic E-state index is -0.544. The zero-order valence-corrected chi connectivity index (χ0v) is 13.2. The Hall–Kier alpha value is -2.21. The first kappa shape index (κ1) is 16.2. The molecule has 2 aromatic rings. The first-order valence-corrected chi connectivity index (χ1v) is 7.01. The maximum atomic E-state index is 13.1. The second kappa shape index (κ2) is 6.27. The lowest BCUT2D eigenvalue weighted by Gasteiger charge is -2.20. The van der Waals surface area contributed by atoms with Gasteiger partial charge in [0.15, 0.2) is 5.69 Å². The summed E-state index contributed by atoms with van der Waals surface area (Å²) in [4.78, 5) is 12.0. The summed E-state index contributed by atoms with van der Waals surface area (Å²) in [5.74, 6) is -0.413. The maximum Gasteiger partial charge on any atom is 0.276 e. The molecular weight excluding hydrogens is 307 g/mol. The van der Waals surface area contributed by atoms with Crippen molar-refractivity contribution in [1.29, 1.82) is 0 Å². The van der Waals surface area contributed by atoms with Crippen molar-refractivity contribution >= 4 is 29.0 Å². The van der Waals surface area contributed by atoms with E-state index in [2.05, 4.69) is 20.8 Å². The summed E-state index contributed by atoms with van der Waals surface area (Å²) >= 11 is 5.66. The van der Waals surface area contributed by atoms with Crippen LogP contribution in [0, 0.1) is 5.82 Å². The Balaban J connectivity index is 2.08. The quantitative estimate of drug-likeness (QED) is 0.903. The van der Waals surface area contributed by atoms with Crippen LogP contribution in [0.15, 0.2) is 30.3 Å². The van der Waals surface area contributed by atoms with E-state index in [9.17, 15) is 9.18 Å². The van der Waals surface area contributed by atoms with Crippen molar-refractivity contribution in [3.63, 3.8) is 0 Å². The van der Waals surface area contributed by atoms with Gasteiger partial charge in [0.25, 0.3) is 5.91 Å². The van der Waals surface area contributed by atoms with Crippen molar-refractivity contribution in [1.82, 2.24) is 10.2 Å². The topological polar surface area (TPSA) is 66.9 Å². The van der Waals surface area contributed by atoms with Crippen LogP contribution >= 0.6 is 11.6 Å². The number of hydrogen-bond acceptors (Lipinski definition) is 4. The lowest BCUT2D eigenvalue weighted by Crippen LogP contribution is -2.27. The second-order valence-corrected chi connectivity index (χ2v) is 6.17. The molecule has 0 atom stereocenters. The molecule has 1 heterocycles. The Labute approximate surface area is 132 Å². The van der Waals surface area contributed by atoms with Crippen LogP contribution < -0.4 is 10.6 Å². The highest BCUT2D eigenvalue weighted by Crippen LogP contribution is 2.19. The van der Waals surface area contributed by atoms with Gasteiger partial charge in [-0.05, 0) is 51.1 Å². The van der Waals surface area contributed by atoms with Crippen LogP contribution in [0.4, 0.5) is 15.9 Å². The van der Waals surface area contributed by atoms with E-state index in [1.807, 2.05) is 20.8 Å². The van der Waals surface area contributed by atoms with E-state index in [1.165, 1.54) is 18.2 Å². The third kappa shape index (κ3) is 4.39. The molecule has 1 amide bonds. The van der Waals surface area contributed by atoms with Crippen LogP contribution in [0.1, 0.15) is 31.3 Å². The summed E-state index contributed by atoms with van der Waals surface area (Å²) < 4.78 is 13.1. The molecule has 0 aliphatic rings. The highest BCUT2D eigenvalue weighted by molar-refractivity contribution is 6.31. The van der Waals surface area contributed by atoms with Crippen LogP contribution in [0.5, 0.6) is 0 Å². The average molecular weight is 323 g/mol. The van der Waals surface area contributed by atoms with E-state index < -0.39 is 11.7 Å². The molecule has 0 spiro atoms.